The first-order valence-electron chi connectivity index (χ1n) is 6.67. The van der Waals surface area contributed by atoms with Gasteiger partial charge in [-0.25, -0.2) is 4.79 Å². The van der Waals surface area contributed by atoms with Crippen molar-refractivity contribution in [2.24, 2.45) is 5.41 Å². The van der Waals surface area contributed by atoms with Crippen LogP contribution >= 0.6 is 0 Å². The van der Waals surface area contributed by atoms with Gasteiger partial charge in [0.2, 0.25) is 0 Å². The predicted octanol–water partition coefficient (Wildman–Crippen LogP) is 4.24. The van der Waals surface area contributed by atoms with Gasteiger partial charge in [0.25, 0.3) is 0 Å². The van der Waals surface area contributed by atoms with Crippen molar-refractivity contribution < 1.29 is 4.79 Å². The van der Waals surface area contributed by atoms with E-state index in [0.29, 0.717) is 0 Å². The van der Waals surface area contributed by atoms with Crippen LogP contribution in [0.4, 0.5) is 10.5 Å². The molecule has 0 fully saturated rings. The van der Waals surface area contributed by atoms with E-state index in [1.54, 1.807) is 6.20 Å². The van der Waals surface area contributed by atoms with Gasteiger partial charge in [0.15, 0.2) is 0 Å². The van der Waals surface area contributed by atoms with Crippen LogP contribution in [-0.4, -0.2) is 6.03 Å². The summed E-state index contributed by atoms with van der Waals surface area (Å²) in [6.07, 6.45) is 4.56. The number of carbonyl (C=O) groups is 1. The number of hydrogen-bond donors (Lipinski definition) is 2. The van der Waals surface area contributed by atoms with E-state index in [1.807, 2.05) is 31.2 Å². The normalized spacial score (nSPS) is 11.6. The topological polar surface area (TPSA) is 41.1 Å². The SMILES string of the molecule is CCc1cccc(C)c1NC(=O)N/C=C/C(C)(C)C. The zero-order valence-electron chi connectivity index (χ0n) is 12.5. The smallest absolute Gasteiger partial charge is 0.315 e. The third-order valence-electron chi connectivity index (χ3n) is 2.78. The van der Waals surface area contributed by atoms with Gasteiger partial charge in [0.05, 0.1) is 0 Å². The molecular weight excluding hydrogens is 236 g/mol. The molecule has 0 aliphatic heterocycles. The minimum Gasteiger partial charge on any atom is -0.315 e. The first-order valence-corrected chi connectivity index (χ1v) is 6.67. The Labute approximate surface area is 116 Å². The highest BCUT2D eigenvalue weighted by molar-refractivity contribution is 5.91. The Kier molecular flexibility index (Phi) is 5.16. The molecule has 0 radical (unpaired) electrons. The number of nitrogens with one attached hydrogen (secondary N) is 2. The largest absolute Gasteiger partial charge is 0.323 e. The van der Waals surface area contributed by atoms with E-state index in [-0.39, 0.29) is 11.4 Å². The number of aryl methyl sites for hydroxylation is 2. The molecule has 0 saturated carbocycles. The van der Waals surface area contributed by atoms with Gasteiger partial charge in [-0.05, 0) is 29.9 Å². The summed E-state index contributed by atoms with van der Waals surface area (Å²) in [7, 11) is 0. The summed E-state index contributed by atoms with van der Waals surface area (Å²) < 4.78 is 0. The fraction of sp³-hybridized carbons (Fsp3) is 0.438. The quantitative estimate of drug-likeness (QED) is 0.838. The Morgan fingerprint density at radius 2 is 2.00 bits per heavy atom. The fourth-order valence-corrected chi connectivity index (χ4v) is 1.72. The Morgan fingerprint density at radius 1 is 1.32 bits per heavy atom. The maximum atomic E-state index is 11.8. The summed E-state index contributed by atoms with van der Waals surface area (Å²) in [5.74, 6) is 0. The summed E-state index contributed by atoms with van der Waals surface area (Å²) in [5.41, 5.74) is 3.20. The van der Waals surface area contributed by atoms with Crippen LogP contribution < -0.4 is 10.6 Å². The van der Waals surface area contributed by atoms with Gasteiger partial charge >= 0.3 is 6.03 Å². The number of urea groups is 1. The molecule has 0 saturated heterocycles. The zero-order valence-corrected chi connectivity index (χ0v) is 12.5. The van der Waals surface area contributed by atoms with Crippen LogP contribution in [0.2, 0.25) is 0 Å². The van der Waals surface area contributed by atoms with E-state index in [0.717, 1.165) is 23.2 Å². The van der Waals surface area contributed by atoms with E-state index in [2.05, 4.69) is 38.3 Å². The van der Waals surface area contributed by atoms with Crippen LogP contribution in [0.3, 0.4) is 0 Å². The van der Waals surface area contributed by atoms with Crippen molar-refractivity contribution in [3.05, 3.63) is 41.6 Å². The average molecular weight is 260 g/mol. The van der Waals surface area contributed by atoms with Crippen LogP contribution in [-0.2, 0) is 6.42 Å². The lowest BCUT2D eigenvalue weighted by molar-refractivity contribution is 0.255. The summed E-state index contributed by atoms with van der Waals surface area (Å²) in [6, 6.07) is 5.84. The predicted molar refractivity (Wildman–Crippen MR) is 81.3 cm³/mol. The van der Waals surface area contributed by atoms with Crippen molar-refractivity contribution in [3.8, 4) is 0 Å². The second kappa shape index (κ2) is 6.41. The fourth-order valence-electron chi connectivity index (χ4n) is 1.72. The molecule has 0 aliphatic rings. The maximum Gasteiger partial charge on any atom is 0.323 e. The van der Waals surface area contributed by atoms with Crippen molar-refractivity contribution in [2.45, 2.75) is 41.0 Å². The molecule has 0 spiro atoms. The highest BCUT2D eigenvalue weighted by Crippen LogP contribution is 2.20. The monoisotopic (exact) mass is 260 g/mol. The molecule has 2 amide bonds. The van der Waals surface area contributed by atoms with Crippen LogP contribution in [0, 0.1) is 12.3 Å². The number of hydrogen-bond acceptors (Lipinski definition) is 1. The first-order chi connectivity index (χ1) is 8.83. The van der Waals surface area contributed by atoms with Crippen LogP contribution in [0.15, 0.2) is 30.5 Å². The van der Waals surface area contributed by atoms with E-state index in [4.69, 9.17) is 0 Å². The lowest BCUT2D eigenvalue weighted by Gasteiger charge is -2.14. The molecule has 3 nitrogen and oxygen atoms in total. The number of rotatable bonds is 3. The molecule has 0 aromatic heterocycles. The van der Waals surface area contributed by atoms with E-state index >= 15 is 0 Å². The second-order valence-electron chi connectivity index (χ2n) is 5.76. The van der Waals surface area contributed by atoms with Gasteiger partial charge in [-0.1, -0.05) is 52.0 Å². The molecule has 1 rings (SSSR count). The van der Waals surface area contributed by atoms with Crippen molar-refractivity contribution in [1.29, 1.82) is 0 Å². The van der Waals surface area contributed by atoms with E-state index < -0.39 is 0 Å². The molecule has 0 atom stereocenters. The van der Waals surface area contributed by atoms with Crippen LogP contribution in [0.25, 0.3) is 0 Å². The molecule has 104 valence electrons. The van der Waals surface area contributed by atoms with Gasteiger partial charge < -0.3 is 10.6 Å². The second-order valence-corrected chi connectivity index (χ2v) is 5.76. The number of carbonyl (C=O) groups excluding carboxylic acids is 1. The molecule has 3 heteroatoms. The number of anilines is 1. The van der Waals surface area contributed by atoms with Gasteiger partial charge in [-0.2, -0.15) is 0 Å². The third-order valence-corrected chi connectivity index (χ3v) is 2.78. The summed E-state index contributed by atoms with van der Waals surface area (Å²) in [4.78, 5) is 11.8. The lowest BCUT2D eigenvalue weighted by Crippen LogP contribution is -2.25. The van der Waals surface area contributed by atoms with E-state index in [1.165, 1.54) is 0 Å². The summed E-state index contributed by atoms with van der Waals surface area (Å²) in [6.45, 7) is 10.3. The first kappa shape index (κ1) is 15.3. The number of amides is 2. The Hall–Kier alpha value is -1.77. The van der Waals surface area contributed by atoms with Gasteiger partial charge in [0.1, 0.15) is 0 Å². The van der Waals surface area contributed by atoms with Gasteiger partial charge in [0, 0.05) is 11.9 Å². The van der Waals surface area contributed by atoms with Gasteiger partial charge in [-0.3, -0.25) is 0 Å². The highest BCUT2D eigenvalue weighted by atomic mass is 16.2. The zero-order chi connectivity index (χ0) is 14.5. The molecular formula is C16H24N2O. The lowest BCUT2D eigenvalue weighted by atomic mass is 9.97. The standard InChI is InChI=1S/C16H24N2O/c1-6-13-9-7-8-12(2)14(13)18-15(19)17-11-10-16(3,4)5/h7-11H,6H2,1-5H3,(H2,17,18,19)/b11-10+. The Bertz CT molecular complexity index is 470. The molecule has 2 N–H and O–H groups in total. The molecule has 0 bridgehead atoms. The molecule has 19 heavy (non-hydrogen) atoms. The van der Waals surface area contributed by atoms with Crippen molar-refractivity contribution in [1.82, 2.24) is 5.32 Å². The third kappa shape index (κ3) is 5.16. The maximum absolute atomic E-state index is 11.8. The Balaban J connectivity index is 2.70. The van der Waals surface area contributed by atoms with Crippen LogP contribution in [0.1, 0.15) is 38.8 Å². The highest BCUT2D eigenvalue weighted by Gasteiger charge is 2.08. The molecule has 0 unspecified atom stereocenters. The average Bonchev–Trinajstić information content (AvgIpc) is 2.30. The molecule has 1 aromatic rings. The number of allylic oxidation sites excluding steroid dienone is 1. The molecule has 1 aromatic carbocycles. The van der Waals surface area contributed by atoms with Crippen LogP contribution in [0.5, 0.6) is 0 Å². The van der Waals surface area contributed by atoms with Crippen molar-refractivity contribution in [2.75, 3.05) is 5.32 Å². The molecule has 0 aliphatic carbocycles. The van der Waals surface area contributed by atoms with Crippen molar-refractivity contribution in [3.63, 3.8) is 0 Å². The number of para-hydroxylation sites is 1. The van der Waals surface area contributed by atoms with Gasteiger partial charge in [-0.15, -0.1) is 0 Å². The molecule has 0 heterocycles. The summed E-state index contributed by atoms with van der Waals surface area (Å²) in [5, 5.41) is 5.65. The van der Waals surface area contributed by atoms with E-state index in [9.17, 15) is 4.79 Å². The van der Waals surface area contributed by atoms with Crippen molar-refractivity contribution >= 4 is 11.7 Å². The summed E-state index contributed by atoms with van der Waals surface area (Å²) >= 11 is 0. The number of benzene rings is 1. The minimum absolute atomic E-state index is 0.0600. The Morgan fingerprint density at radius 3 is 2.58 bits per heavy atom. The minimum atomic E-state index is -0.204.